The third kappa shape index (κ3) is 2.21. The summed E-state index contributed by atoms with van der Waals surface area (Å²) in [4.78, 5) is 7.88. The van der Waals surface area contributed by atoms with Gasteiger partial charge in [-0.15, -0.1) is 0 Å². The first-order valence-corrected chi connectivity index (χ1v) is 5.67. The number of hydrogen-bond donors (Lipinski definition) is 1. The molecule has 1 aromatic heterocycles. The molecule has 17 heavy (non-hydrogen) atoms. The molecule has 1 heterocycles. The number of imidazole rings is 1. The van der Waals surface area contributed by atoms with E-state index in [-0.39, 0.29) is 0 Å². The molecule has 0 unspecified atom stereocenters. The molecule has 1 aromatic carbocycles. The predicted molar refractivity (Wildman–Crippen MR) is 73.6 cm³/mol. The van der Waals surface area contributed by atoms with Crippen LogP contribution in [0, 0.1) is 6.92 Å². The second kappa shape index (κ2) is 4.83. The molecule has 0 aliphatic carbocycles. The fourth-order valence-electron chi connectivity index (χ4n) is 1.82. The highest BCUT2D eigenvalue weighted by Crippen LogP contribution is 2.22. The SMILES string of the molecule is C=Cc1nc(-c2ccccc2C)[nH]c1/C=C\C. The van der Waals surface area contributed by atoms with E-state index in [0.717, 1.165) is 22.8 Å². The van der Waals surface area contributed by atoms with Gasteiger partial charge in [0, 0.05) is 5.56 Å². The zero-order valence-corrected chi connectivity index (χ0v) is 10.2. The van der Waals surface area contributed by atoms with Crippen LogP contribution in [0.1, 0.15) is 23.9 Å². The molecule has 0 aliphatic rings. The average Bonchev–Trinajstić information content (AvgIpc) is 2.73. The molecule has 0 saturated heterocycles. The van der Waals surface area contributed by atoms with Crippen molar-refractivity contribution in [1.82, 2.24) is 9.97 Å². The van der Waals surface area contributed by atoms with Crippen LogP contribution in [0.15, 0.2) is 36.9 Å². The number of aromatic amines is 1. The Bertz CT molecular complexity index is 562. The highest BCUT2D eigenvalue weighted by Gasteiger charge is 2.08. The number of hydrogen-bond acceptors (Lipinski definition) is 1. The molecule has 0 amide bonds. The summed E-state index contributed by atoms with van der Waals surface area (Å²) in [6.45, 7) is 7.86. The molecule has 0 bridgehead atoms. The van der Waals surface area contributed by atoms with Gasteiger partial charge in [-0.05, 0) is 31.6 Å². The van der Waals surface area contributed by atoms with Crippen LogP contribution in [0.2, 0.25) is 0 Å². The molecular weight excluding hydrogens is 208 g/mol. The van der Waals surface area contributed by atoms with Gasteiger partial charge >= 0.3 is 0 Å². The molecule has 0 fully saturated rings. The number of allylic oxidation sites excluding steroid dienone is 1. The van der Waals surface area contributed by atoms with Gasteiger partial charge in [0.15, 0.2) is 0 Å². The number of rotatable bonds is 3. The lowest BCUT2D eigenvalue weighted by Gasteiger charge is -2.00. The van der Waals surface area contributed by atoms with Gasteiger partial charge in [0.2, 0.25) is 0 Å². The molecule has 86 valence electrons. The van der Waals surface area contributed by atoms with Crippen molar-refractivity contribution in [1.29, 1.82) is 0 Å². The Labute approximate surface area is 102 Å². The van der Waals surface area contributed by atoms with Crippen LogP contribution in [0.25, 0.3) is 23.5 Å². The van der Waals surface area contributed by atoms with Crippen molar-refractivity contribution in [3.63, 3.8) is 0 Å². The molecule has 2 aromatic rings. The maximum Gasteiger partial charge on any atom is 0.138 e. The van der Waals surface area contributed by atoms with E-state index in [2.05, 4.69) is 35.6 Å². The van der Waals surface area contributed by atoms with Crippen molar-refractivity contribution in [2.45, 2.75) is 13.8 Å². The summed E-state index contributed by atoms with van der Waals surface area (Å²) < 4.78 is 0. The van der Waals surface area contributed by atoms with Gasteiger partial charge in [0.1, 0.15) is 5.82 Å². The fourth-order valence-corrected chi connectivity index (χ4v) is 1.82. The first kappa shape index (κ1) is 11.4. The molecular formula is C15H16N2. The van der Waals surface area contributed by atoms with Crippen LogP contribution in [-0.2, 0) is 0 Å². The van der Waals surface area contributed by atoms with Crippen molar-refractivity contribution >= 4 is 12.2 Å². The Morgan fingerprint density at radius 3 is 2.71 bits per heavy atom. The Balaban J connectivity index is 2.54. The standard InChI is InChI=1S/C15H16N2/c1-4-8-14-13(5-2)16-15(17-14)12-10-7-6-9-11(12)3/h4-10H,2H2,1,3H3,(H,16,17)/b8-4-. The number of aryl methyl sites for hydroxylation is 1. The number of H-pyrrole nitrogens is 1. The van der Waals surface area contributed by atoms with Crippen LogP contribution >= 0.6 is 0 Å². The normalized spacial score (nSPS) is 10.9. The van der Waals surface area contributed by atoms with Crippen LogP contribution in [0.4, 0.5) is 0 Å². The number of nitrogens with zero attached hydrogens (tertiary/aromatic N) is 1. The van der Waals surface area contributed by atoms with Gasteiger partial charge in [-0.1, -0.05) is 36.9 Å². The van der Waals surface area contributed by atoms with E-state index in [0.29, 0.717) is 0 Å². The minimum atomic E-state index is 0.890. The average molecular weight is 224 g/mol. The van der Waals surface area contributed by atoms with Crippen LogP contribution in [0.3, 0.4) is 0 Å². The maximum atomic E-state index is 4.55. The number of benzene rings is 1. The molecule has 2 heteroatoms. The number of aromatic nitrogens is 2. The summed E-state index contributed by atoms with van der Waals surface area (Å²) >= 11 is 0. The maximum absolute atomic E-state index is 4.55. The highest BCUT2D eigenvalue weighted by molar-refractivity contribution is 5.67. The summed E-state index contributed by atoms with van der Waals surface area (Å²) in [6.07, 6.45) is 5.77. The molecule has 0 atom stereocenters. The van der Waals surface area contributed by atoms with Crippen molar-refractivity contribution in [3.8, 4) is 11.4 Å². The molecule has 2 nitrogen and oxygen atoms in total. The molecule has 1 N–H and O–H groups in total. The zero-order valence-electron chi connectivity index (χ0n) is 10.2. The van der Waals surface area contributed by atoms with Gasteiger partial charge < -0.3 is 4.98 Å². The van der Waals surface area contributed by atoms with E-state index in [9.17, 15) is 0 Å². The lowest BCUT2D eigenvalue weighted by molar-refractivity contribution is 1.28. The van der Waals surface area contributed by atoms with E-state index >= 15 is 0 Å². The first-order valence-electron chi connectivity index (χ1n) is 5.67. The van der Waals surface area contributed by atoms with E-state index < -0.39 is 0 Å². The summed E-state index contributed by atoms with van der Waals surface area (Å²) in [6, 6.07) is 8.21. The van der Waals surface area contributed by atoms with Crippen LogP contribution in [-0.4, -0.2) is 9.97 Å². The quantitative estimate of drug-likeness (QED) is 0.836. The summed E-state index contributed by atoms with van der Waals surface area (Å²) in [7, 11) is 0. The summed E-state index contributed by atoms with van der Waals surface area (Å²) in [5.74, 6) is 0.895. The zero-order chi connectivity index (χ0) is 12.3. The lowest BCUT2D eigenvalue weighted by Crippen LogP contribution is -1.84. The van der Waals surface area contributed by atoms with Crippen LogP contribution < -0.4 is 0 Å². The van der Waals surface area contributed by atoms with Crippen molar-refractivity contribution < 1.29 is 0 Å². The van der Waals surface area contributed by atoms with Crippen molar-refractivity contribution in [3.05, 3.63) is 53.9 Å². The van der Waals surface area contributed by atoms with Crippen LogP contribution in [0.5, 0.6) is 0 Å². The highest BCUT2D eigenvalue weighted by atomic mass is 14.9. The lowest BCUT2D eigenvalue weighted by atomic mass is 10.1. The monoisotopic (exact) mass is 224 g/mol. The van der Waals surface area contributed by atoms with Gasteiger partial charge in [-0.3, -0.25) is 0 Å². The number of nitrogens with one attached hydrogen (secondary N) is 1. The largest absolute Gasteiger partial charge is 0.338 e. The second-order valence-electron chi connectivity index (χ2n) is 3.90. The van der Waals surface area contributed by atoms with E-state index in [4.69, 9.17) is 0 Å². The molecule has 0 saturated carbocycles. The summed E-state index contributed by atoms with van der Waals surface area (Å²) in [5.41, 5.74) is 4.23. The molecule has 0 spiro atoms. The van der Waals surface area contributed by atoms with Gasteiger partial charge in [0.25, 0.3) is 0 Å². The van der Waals surface area contributed by atoms with Gasteiger partial charge in [-0.25, -0.2) is 4.98 Å². The smallest absolute Gasteiger partial charge is 0.138 e. The Hall–Kier alpha value is -2.09. The third-order valence-electron chi connectivity index (χ3n) is 2.69. The van der Waals surface area contributed by atoms with Gasteiger partial charge in [-0.2, -0.15) is 0 Å². The molecule has 0 aliphatic heterocycles. The topological polar surface area (TPSA) is 28.7 Å². The fraction of sp³-hybridized carbons (Fsp3) is 0.133. The van der Waals surface area contributed by atoms with E-state index in [1.54, 1.807) is 6.08 Å². The van der Waals surface area contributed by atoms with E-state index in [1.165, 1.54) is 5.56 Å². The Kier molecular flexibility index (Phi) is 3.24. The van der Waals surface area contributed by atoms with Gasteiger partial charge in [0.05, 0.1) is 11.4 Å². The van der Waals surface area contributed by atoms with Crippen molar-refractivity contribution in [2.75, 3.05) is 0 Å². The minimum Gasteiger partial charge on any atom is -0.338 e. The van der Waals surface area contributed by atoms with Crippen molar-refractivity contribution in [2.24, 2.45) is 0 Å². The summed E-state index contributed by atoms with van der Waals surface area (Å²) in [5, 5.41) is 0. The van der Waals surface area contributed by atoms with E-state index in [1.807, 2.05) is 31.2 Å². The third-order valence-corrected chi connectivity index (χ3v) is 2.69. The minimum absolute atomic E-state index is 0.890. The Morgan fingerprint density at radius 2 is 2.06 bits per heavy atom. The predicted octanol–water partition coefficient (Wildman–Crippen LogP) is 4.06. The first-order chi connectivity index (χ1) is 8.26. The Morgan fingerprint density at radius 1 is 1.29 bits per heavy atom. The molecule has 0 radical (unpaired) electrons. The second-order valence-corrected chi connectivity index (χ2v) is 3.90. The molecule has 2 rings (SSSR count).